The molecule has 0 radical (unpaired) electrons. The summed E-state index contributed by atoms with van der Waals surface area (Å²) in [6.07, 6.45) is -4.35. The van der Waals surface area contributed by atoms with Gasteiger partial charge in [-0.2, -0.15) is 13.2 Å². The molecule has 0 amide bonds. The quantitative estimate of drug-likeness (QED) is 0.727. The molecule has 1 aromatic carbocycles. The van der Waals surface area contributed by atoms with Crippen molar-refractivity contribution in [3.05, 3.63) is 39.3 Å². The van der Waals surface area contributed by atoms with Gasteiger partial charge >= 0.3 is 6.18 Å². The summed E-state index contributed by atoms with van der Waals surface area (Å²) in [6.45, 7) is 4.48. The first-order chi connectivity index (χ1) is 10.3. The van der Waals surface area contributed by atoms with Crippen LogP contribution in [0.25, 0.3) is 10.2 Å². The topological polar surface area (TPSA) is 37.8 Å². The summed E-state index contributed by atoms with van der Waals surface area (Å²) >= 11 is 2.93. The zero-order valence-electron chi connectivity index (χ0n) is 11.8. The lowest BCUT2D eigenvalue weighted by Gasteiger charge is -2.04. The summed E-state index contributed by atoms with van der Waals surface area (Å²) in [5.74, 6) is 0. The molecule has 22 heavy (non-hydrogen) atoms. The number of anilines is 1. The molecular formula is C14H12F3N3S2. The number of hydrogen-bond acceptors (Lipinski definition) is 5. The van der Waals surface area contributed by atoms with E-state index in [0.717, 1.165) is 32.4 Å². The van der Waals surface area contributed by atoms with Crippen molar-refractivity contribution in [2.24, 2.45) is 0 Å². The fraction of sp³-hybridized carbons (Fsp3) is 0.286. The first-order valence-electron chi connectivity index (χ1n) is 6.47. The average molecular weight is 343 g/mol. The van der Waals surface area contributed by atoms with Gasteiger partial charge in [-0.05, 0) is 32.0 Å². The molecule has 2 heterocycles. The van der Waals surface area contributed by atoms with Crippen LogP contribution in [0, 0.1) is 13.8 Å². The molecule has 3 aromatic rings. The first-order valence-corrected chi connectivity index (χ1v) is 8.11. The van der Waals surface area contributed by atoms with Gasteiger partial charge in [0.15, 0.2) is 5.13 Å². The van der Waals surface area contributed by atoms with Crippen molar-refractivity contribution in [2.75, 3.05) is 5.32 Å². The number of nitrogens with one attached hydrogen (secondary N) is 1. The zero-order valence-corrected chi connectivity index (χ0v) is 13.4. The number of thiazole rings is 2. The number of rotatable bonds is 3. The molecular weight excluding hydrogens is 331 g/mol. The van der Waals surface area contributed by atoms with Crippen LogP contribution >= 0.6 is 22.7 Å². The van der Waals surface area contributed by atoms with Crippen LogP contribution in [0.2, 0.25) is 0 Å². The summed E-state index contributed by atoms with van der Waals surface area (Å²) in [4.78, 5) is 9.79. The molecule has 3 nitrogen and oxygen atoms in total. The maximum absolute atomic E-state index is 12.7. The molecule has 0 spiro atoms. The fourth-order valence-electron chi connectivity index (χ4n) is 1.95. The number of nitrogens with zero attached hydrogens (tertiary/aromatic N) is 2. The second kappa shape index (κ2) is 5.51. The highest BCUT2D eigenvalue weighted by Crippen LogP contribution is 2.34. The molecule has 0 atom stereocenters. The number of benzene rings is 1. The van der Waals surface area contributed by atoms with E-state index < -0.39 is 11.7 Å². The van der Waals surface area contributed by atoms with E-state index in [1.54, 1.807) is 11.3 Å². The number of hydrogen-bond donors (Lipinski definition) is 1. The van der Waals surface area contributed by atoms with Crippen LogP contribution in [0.4, 0.5) is 18.3 Å². The molecule has 0 bridgehead atoms. The van der Waals surface area contributed by atoms with E-state index in [-0.39, 0.29) is 0 Å². The van der Waals surface area contributed by atoms with Gasteiger partial charge in [-0.1, -0.05) is 11.3 Å². The van der Waals surface area contributed by atoms with E-state index in [1.165, 1.54) is 17.4 Å². The van der Waals surface area contributed by atoms with E-state index in [9.17, 15) is 13.2 Å². The van der Waals surface area contributed by atoms with Crippen LogP contribution in [0.5, 0.6) is 0 Å². The molecule has 3 rings (SSSR count). The predicted octanol–water partition coefficient (Wildman–Crippen LogP) is 5.00. The van der Waals surface area contributed by atoms with E-state index in [0.29, 0.717) is 17.2 Å². The summed E-state index contributed by atoms with van der Waals surface area (Å²) in [5, 5.41) is 4.66. The maximum atomic E-state index is 12.7. The lowest BCUT2D eigenvalue weighted by Crippen LogP contribution is -2.04. The second-order valence-electron chi connectivity index (χ2n) is 4.80. The van der Waals surface area contributed by atoms with Gasteiger partial charge in [0.25, 0.3) is 0 Å². The highest BCUT2D eigenvalue weighted by atomic mass is 32.1. The van der Waals surface area contributed by atoms with Crippen molar-refractivity contribution in [3.8, 4) is 0 Å². The van der Waals surface area contributed by atoms with Crippen molar-refractivity contribution >= 4 is 38.0 Å². The lowest BCUT2D eigenvalue weighted by molar-refractivity contribution is -0.137. The molecule has 0 unspecified atom stereocenters. The highest BCUT2D eigenvalue weighted by Gasteiger charge is 2.30. The Morgan fingerprint density at radius 2 is 1.91 bits per heavy atom. The van der Waals surface area contributed by atoms with Gasteiger partial charge in [0.1, 0.15) is 5.01 Å². The summed E-state index contributed by atoms with van der Waals surface area (Å²) in [5.41, 5.74) is 0.678. The molecule has 0 aliphatic rings. The Balaban J connectivity index is 1.80. The van der Waals surface area contributed by atoms with Crippen molar-refractivity contribution in [3.63, 3.8) is 0 Å². The van der Waals surface area contributed by atoms with Gasteiger partial charge in [-0.3, -0.25) is 0 Å². The maximum Gasteiger partial charge on any atom is 0.416 e. The Labute approximate surface area is 132 Å². The third-order valence-corrected chi connectivity index (χ3v) is 5.25. The summed E-state index contributed by atoms with van der Waals surface area (Å²) in [6, 6.07) is 3.62. The van der Waals surface area contributed by atoms with Gasteiger partial charge in [-0.25, -0.2) is 9.97 Å². The third kappa shape index (κ3) is 3.07. The van der Waals surface area contributed by atoms with Crippen LogP contribution in [0.1, 0.15) is 21.1 Å². The molecule has 0 saturated carbocycles. The minimum atomic E-state index is -4.35. The van der Waals surface area contributed by atoms with Crippen LogP contribution < -0.4 is 5.32 Å². The van der Waals surface area contributed by atoms with Gasteiger partial charge in [0, 0.05) is 4.88 Å². The Morgan fingerprint density at radius 3 is 2.55 bits per heavy atom. The van der Waals surface area contributed by atoms with Gasteiger partial charge in [-0.15, -0.1) is 11.3 Å². The molecule has 1 N–H and O–H groups in total. The number of aromatic nitrogens is 2. The smallest absolute Gasteiger partial charge is 0.355 e. The van der Waals surface area contributed by atoms with Crippen LogP contribution in [-0.2, 0) is 12.7 Å². The molecule has 0 aliphatic carbocycles. The Kier molecular flexibility index (Phi) is 3.82. The monoisotopic (exact) mass is 343 g/mol. The van der Waals surface area contributed by atoms with E-state index in [4.69, 9.17) is 0 Å². The molecule has 0 fully saturated rings. The molecule has 0 aliphatic heterocycles. The standard InChI is InChI=1S/C14H12F3N3S2/c1-7-8(2)21-12(19-7)6-18-13-20-10-5-9(14(15,16)17)3-4-11(10)22-13/h3-5H,6H2,1-2H3,(H,18,20). The van der Waals surface area contributed by atoms with Crippen molar-refractivity contribution < 1.29 is 13.2 Å². The normalized spacial score (nSPS) is 12.0. The number of fused-ring (bicyclic) bond motifs is 1. The number of alkyl halides is 3. The Bertz CT molecular complexity index is 801. The van der Waals surface area contributed by atoms with Crippen molar-refractivity contribution in [1.82, 2.24) is 9.97 Å². The fourth-order valence-corrected chi connectivity index (χ4v) is 3.66. The largest absolute Gasteiger partial charge is 0.416 e. The number of aryl methyl sites for hydroxylation is 2. The minimum absolute atomic E-state index is 0.355. The van der Waals surface area contributed by atoms with E-state index in [1.807, 2.05) is 13.8 Å². The van der Waals surface area contributed by atoms with Crippen LogP contribution in [0.15, 0.2) is 18.2 Å². The zero-order chi connectivity index (χ0) is 15.9. The third-order valence-electron chi connectivity index (χ3n) is 3.18. The SMILES string of the molecule is Cc1nc(CNc2nc3cc(C(F)(F)F)ccc3s2)sc1C. The average Bonchev–Trinajstić information content (AvgIpc) is 2.98. The van der Waals surface area contributed by atoms with Crippen molar-refractivity contribution in [2.45, 2.75) is 26.6 Å². The van der Waals surface area contributed by atoms with E-state index in [2.05, 4.69) is 15.3 Å². The lowest BCUT2D eigenvalue weighted by atomic mass is 10.2. The Hall–Kier alpha value is -1.67. The minimum Gasteiger partial charge on any atom is -0.355 e. The Morgan fingerprint density at radius 1 is 1.14 bits per heavy atom. The van der Waals surface area contributed by atoms with Crippen LogP contribution in [-0.4, -0.2) is 9.97 Å². The first kappa shape index (κ1) is 15.2. The number of halogens is 3. The predicted molar refractivity (Wildman–Crippen MR) is 83.5 cm³/mol. The summed E-state index contributed by atoms with van der Waals surface area (Å²) in [7, 11) is 0. The molecule has 116 valence electrons. The van der Waals surface area contributed by atoms with Crippen LogP contribution in [0.3, 0.4) is 0 Å². The van der Waals surface area contributed by atoms with Gasteiger partial charge < -0.3 is 5.32 Å². The summed E-state index contributed by atoms with van der Waals surface area (Å²) < 4.78 is 38.8. The highest BCUT2D eigenvalue weighted by molar-refractivity contribution is 7.22. The van der Waals surface area contributed by atoms with Crippen molar-refractivity contribution in [1.29, 1.82) is 0 Å². The molecule has 0 saturated heterocycles. The van der Waals surface area contributed by atoms with E-state index >= 15 is 0 Å². The van der Waals surface area contributed by atoms with Gasteiger partial charge in [0.05, 0.1) is 28.0 Å². The molecule has 8 heteroatoms. The van der Waals surface area contributed by atoms with Gasteiger partial charge in [0.2, 0.25) is 0 Å². The molecule has 2 aromatic heterocycles. The second-order valence-corrected chi connectivity index (χ2v) is 7.12.